The Labute approximate surface area is 181 Å². The van der Waals surface area contributed by atoms with Gasteiger partial charge in [-0.2, -0.15) is 5.10 Å². The molecule has 2 N–H and O–H groups in total. The number of aryl methyl sites for hydroxylation is 1. The number of carbonyl (C=O) groups excluding carboxylic acids is 2. The number of fused-ring (bicyclic) bond motifs is 1. The highest BCUT2D eigenvalue weighted by molar-refractivity contribution is 7.16. The molecular formula is C21H21N3O6S. The Hall–Kier alpha value is -3.53. The summed E-state index contributed by atoms with van der Waals surface area (Å²) in [5, 5.41) is 16.6. The van der Waals surface area contributed by atoms with Gasteiger partial charge in [0.1, 0.15) is 11.5 Å². The molecule has 0 bridgehead atoms. The van der Waals surface area contributed by atoms with Crippen LogP contribution in [-0.4, -0.2) is 39.3 Å². The third-order valence-corrected chi connectivity index (χ3v) is 5.72. The molecule has 0 saturated heterocycles. The molecule has 0 fully saturated rings. The molecule has 3 rings (SSSR count). The normalized spacial score (nSPS) is 10.8. The minimum absolute atomic E-state index is 0.148. The number of aromatic carboxylic acids is 1. The molecule has 0 saturated carbocycles. The van der Waals surface area contributed by atoms with E-state index in [4.69, 9.17) is 4.74 Å². The number of carbonyl (C=O) groups is 3. The number of esters is 1. The number of ether oxygens (including phenoxy) is 1. The van der Waals surface area contributed by atoms with Gasteiger partial charge in [-0.3, -0.25) is 9.59 Å². The van der Waals surface area contributed by atoms with Crippen LogP contribution in [0.3, 0.4) is 0 Å². The average Bonchev–Trinajstić information content (AvgIpc) is 3.04. The zero-order chi connectivity index (χ0) is 22.7. The van der Waals surface area contributed by atoms with Crippen molar-refractivity contribution in [2.45, 2.75) is 33.7 Å². The Bertz CT molecular complexity index is 1240. The number of benzene rings is 1. The monoisotopic (exact) mass is 443 g/mol. The van der Waals surface area contributed by atoms with E-state index in [-0.39, 0.29) is 23.1 Å². The molecule has 0 aliphatic heterocycles. The maximum absolute atomic E-state index is 12.7. The molecule has 0 atom stereocenters. The first-order valence-corrected chi connectivity index (χ1v) is 10.4. The fourth-order valence-corrected chi connectivity index (χ4v) is 4.46. The molecule has 1 amide bonds. The van der Waals surface area contributed by atoms with Crippen LogP contribution in [0, 0.1) is 6.92 Å². The van der Waals surface area contributed by atoms with Crippen LogP contribution < -0.4 is 10.9 Å². The number of hydrogen-bond acceptors (Lipinski definition) is 7. The van der Waals surface area contributed by atoms with Crippen molar-refractivity contribution in [3.63, 3.8) is 0 Å². The van der Waals surface area contributed by atoms with Gasteiger partial charge in [-0.1, -0.05) is 25.1 Å². The van der Waals surface area contributed by atoms with Crippen molar-refractivity contribution in [2.24, 2.45) is 0 Å². The van der Waals surface area contributed by atoms with Crippen LogP contribution in [-0.2, 0) is 22.5 Å². The van der Waals surface area contributed by atoms with Crippen molar-refractivity contribution in [1.82, 2.24) is 9.78 Å². The Balaban J connectivity index is 1.96. The fraction of sp³-hybridized carbons (Fsp3) is 0.286. The lowest BCUT2D eigenvalue weighted by Crippen LogP contribution is -2.31. The summed E-state index contributed by atoms with van der Waals surface area (Å²) in [4.78, 5) is 50.3. The topological polar surface area (TPSA) is 128 Å². The van der Waals surface area contributed by atoms with Crippen molar-refractivity contribution >= 4 is 45.0 Å². The number of carboxylic acid groups (broad SMARTS) is 1. The summed E-state index contributed by atoms with van der Waals surface area (Å²) in [7, 11) is 0. The quantitative estimate of drug-likeness (QED) is 0.538. The van der Waals surface area contributed by atoms with E-state index in [1.807, 2.05) is 13.8 Å². The molecule has 0 aliphatic carbocycles. The first-order chi connectivity index (χ1) is 14.8. The second kappa shape index (κ2) is 9.09. The third-order valence-electron chi connectivity index (χ3n) is 4.66. The molecule has 9 nitrogen and oxygen atoms in total. The molecular weight excluding hydrogens is 422 g/mol. The van der Waals surface area contributed by atoms with Crippen LogP contribution in [0.15, 0.2) is 29.1 Å². The fourth-order valence-electron chi connectivity index (χ4n) is 3.31. The van der Waals surface area contributed by atoms with Crippen LogP contribution in [0.25, 0.3) is 10.8 Å². The van der Waals surface area contributed by atoms with Crippen molar-refractivity contribution in [2.75, 3.05) is 11.9 Å². The second-order valence-corrected chi connectivity index (χ2v) is 7.85. The Kier molecular flexibility index (Phi) is 6.50. The number of nitrogens with one attached hydrogen (secondary N) is 1. The Morgan fingerprint density at radius 1 is 1.19 bits per heavy atom. The highest BCUT2D eigenvalue weighted by Gasteiger charge is 2.24. The van der Waals surface area contributed by atoms with E-state index >= 15 is 0 Å². The molecule has 0 radical (unpaired) electrons. The lowest BCUT2D eigenvalue weighted by atomic mass is 10.1. The van der Waals surface area contributed by atoms with Crippen LogP contribution in [0.2, 0.25) is 0 Å². The lowest BCUT2D eigenvalue weighted by Gasteiger charge is -2.10. The van der Waals surface area contributed by atoms with Crippen molar-refractivity contribution < 1.29 is 24.2 Å². The summed E-state index contributed by atoms with van der Waals surface area (Å²) in [5.41, 5.74) is 0.173. The van der Waals surface area contributed by atoms with E-state index in [2.05, 4.69) is 10.4 Å². The highest BCUT2D eigenvalue weighted by atomic mass is 32.1. The predicted octanol–water partition coefficient (Wildman–Crippen LogP) is 2.84. The molecule has 0 unspecified atom stereocenters. The lowest BCUT2D eigenvalue weighted by molar-refractivity contribution is -0.117. The van der Waals surface area contributed by atoms with Gasteiger partial charge in [0, 0.05) is 10.3 Å². The number of nitrogens with zero attached hydrogens (tertiary/aromatic N) is 2. The molecule has 2 aromatic heterocycles. The van der Waals surface area contributed by atoms with Crippen LogP contribution in [0.1, 0.15) is 45.1 Å². The first kappa shape index (κ1) is 22.2. The number of aromatic nitrogens is 2. The minimum atomic E-state index is -1.31. The van der Waals surface area contributed by atoms with E-state index in [1.165, 1.54) is 23.5 Å². The van der Waals surface area contributed by atoms with E-state index < -0.39 is 29.9 Å². The number of thiophene rings is 1. The van der Waals surface area contributed by atoms with Crippen molar-refractivity contribution in [1.29, 1.82) is 0 Å². The molecule has 2 heterocycles. The van der Waals surface area contributed by atoms with Gasteiger partial charge in [-0.25, -0.2) is 14.3 Å². The molecule has 10 heteroatoms. The van der Waals surface area contributed by atoms with Crippen LogP contribution in [0.4, 0.5) is 5.00 Å². The molecule has 1 aromatic carbocycles. The predicted molar refractivity (Wildman–Crippen MR) is 116 cm³/mol. The summed E-state index contributed by atoms with van der Waals surface area (Å²) in [6.45, 7) is 5.12. The standard InChI is InChI=1S/C21H21N3O6S/c1-4-12-11(3)31-18(16(12)21(29)30-5-2)22-15(25)10-24-19(26)14-9-7-6-8-13(14)17(23-24)20(27)28/h6-9H,4-5,10H2,1-3H3,(H,22,25)(H,27,28). The van der Waals surface area contributed by atoms with Gasteiger partial charge in [0.2, 0.25) is 5.91 Å². The van der Waals surface area contributed by atoms with Gasteiger partial charge >= 0.3 is 11.9 Å². The summed E-state index contributed by atoms with van der Waals surface area (Å²) in [6.07, 6.45) is 0.583. The average molecular weight is 443 g/mol. The largest absolute Gasteiger partial charge is 0.476 e. The van der Waals surface area contributed by atoms with Gasteiger partial charge in [-0.15, -0.1) is 11.3 Å². The van der Waals surface area contributed by atoms with Crippen molar-refractivity contribution in [3.8, 4) is 0 Å². The highest BCUT2D eigenvalue weighted by Crippen LogP contribution is 2.34. The van der Waals surface area contributed by atoms with Gasteiger partial charge in [0.25, 0.3) is 5.56 Å². The molecule has 0 aliphatic rings. The van der Waals surface area contributed by atoms with Crippen LogP contribution in [0.5, 0.6) is 0 Å². The van der Waals surface area contributed by atoms with E-state index in [9.17, 15) is 24.3 Å². The van der Waals surface area contributed by atoms with Gasteiger partial charge in [0.15, 0.2) is 5.69 Å². The van der Waals surface area contributed by atoms with E-state index in [0.717, 1.165) is 15.1 Å². The summed E-state index contributed by atoms with van der Waals surface area (Å²) < 4.78 is 5.93. The number of carboxylic acids is 1. The third kappa shape index (κ3) is 4.33. The van der Waals surface area contributed by atoms with Crippen LogP contribution >= 0.6 is 11.3 Å². The number of rotatable bonds is 7. The zero-order valence-electron chi connectivity index (χ0n) is 17.2. The summed E-state index contributed by atoms with van der Waals surface area (Å²) in [5.74, 6) is -2.46. The minimum Gasteiger partial charge on any atom is -0.476 e. The SMILES string of the molecule is CCOC(=O)c1c(NC(=O)Cn2nc(C(=O)O)c3ccccc3c2=O)sc(C)c1CC. The summed E-state index contributed by atoms with van der Waals surface area (Å²) >= 11 is 1.24. The maximum atomic E-state index is 12.7. The second-order valence-electron chi connectivity index (χ2n) is 6.63. The molecule has 162 valence electrons. The number of amides is 1. The molecule has 31 heavy (non-hydrogen) atoms. The smallest absolute Gasteiger partial charge is 0.357 e. The maximum Gasteiger partial charge on any atom is 0.357 e. The Morgan fingerprint density at radius 3 is 2.48 bits per heavy atom. The summed E-state index contributed by atoms with van der Waals surface area (Å²) in [6, 6.07) is 6.18. The van der Waals surface area contributed by atoms with E-state index in [0.29, 0.717) is 17.0 Å². The number of anilines is 1. The Morgan fingerprint density at radius 2 is 1.87 bits per heavy atom. The zero-order valence-corrected chi connectivity index (χ0v) is 18.0. The van der Waals surface area contributed by atoms with E-state index in [1.54, 1.807) is 19.1 Å². The molecule has 3 aromatic rings. The van der Waals surface area contributed by atoms with Gasteiger partial charge in [0.05, 0.1) is 17.6 Å². The first-order valence-electron chi connectivity index (χ1n) is 9.60. The molecule has 0 spiro atoms. The number of hydrogen-bond donors (Lipinski definition) is 2. The van der Waals surface area contributed by atoms with Gasteiger partial charge < -0.3 is 15.2 Å². The van der Waals surface area contributed by atoms with Crippen molar-refractivity contribution in [3.05, 3.63) is 56.3 Å². The van der Waals surface area contributed by atoms with Gasteiger partial charge in [-0.05, 0) is 31.9 Å².